The molecule has 6 nitrogen and oxygen atoms in total. The first-order valence-electron chi connectivity index (χ1n) is 11.0. The molecule has 0 unspecified atom stereocenters. The third-order valence-corrected chi connectivity index (χ3v) is 6.80. The number of hydrogen-bond acceptors (Lipinski definition) is 5. The largest absolute Gasteiger partial charge is 0.395 e. The molecule has 2 heterocycles. The summed E-state index contributed by atoms with van der Waals surface area (Å²) in [5.41, 5.74) is 5.42. The van der Waals surface area contributed by atoms with Crippen molar-refractivity contribution in [1.29, 1.82) is 0 Å². The fraction of sp³-hybridized carbons (Fsp3) is 0.400. The van der Waals surface area contributed by atoms with Crippen LogP contribution in [0.25, 0.3) is 22.8 Å². The minimum absolute atomic E-state index is 0.00149. The number of aromatic nitrogens is 2. The summed E-state index contributed by atoms with van der Waals surface area (Å²) in [6.45, 7) is 5.41. The molecular formula is C25H27N3O3. The van der Waals surface area contributed by atoms with Crippen molar-refractivity contribution in [2.75, 3.05) is 19.7 Å². The number of rotatable bonds is 5. The van der Waals surface area contributed by atoms with E-state index in [4.69, 9.17) is 4.52 Å². The number of carbonyl (C=O) groups is 1. The van der Waals surface area contributed by atoms with E-state index >= 15 is 0 Å². The molecule has 5 rings (SSSR count). The molecule has 1 spiro atoms. The van der Waals surface area contributed by atoms with Crippen LogP contribution in [0.1, 0.15) is 49.3 Å². The molecule has 1 aliphatic carbocycles. The normalized spacial score (nSPS) is 20.3. The van der Waals surface area contributed by atoms with Crippen LogP contribution < -0.4 is 0 Å². The van der Waals surface area contributed by atoms with Crippen LogP contribution in [-0.4, -0.2) is 45.8 Å². The highest BCUT2D eigenvalue weighted by molar-refractivity contribution is 5.82. The maximum absolute atomic E-state index is 12.5. The van der Waals surface area contributed by atoms with E-state index < -0.39 is 0 Å². The first kappa shape index (κ1) is 19.9. The van der Waals surface area contributed by atoms with E-state index in [9.17, 15) is 9.90 Å². The Morgan fingerprint density at radius 1 is 1.19 bits per heavy atom. The summed E-state index contributed by atoms with van der Waals surface area (Å²) in [6, 6.07) is 14.4. The van der Waals surface area contributed by atoms with Gasteiger partial charge in [-0.25, -0.2) is 0 Å². The van der Waals surface area contributed by atoms with Gasteiger partial charge in [-0.05, 0) is 47.6 Å². The number of fused-ring (bicyclic) bond motifs is 2. The fourth-order valence-electron chi connectivity index (χ4n) is 5.11. The van der Waals surface area contributed by atoms with E-state index in [0.29, 0.717) is 37.1 Å². The second-order valence-electron chi connectivity index (χ2n) is 9.03. The number of benzene rings is 2. The summed E-state index contributed by atoms with van der Waals surface area (Å²) in [5, 5.41) is 13.6. The van der Waals surface area contributed by atoms with Crippen LogP contribution in [0.5, 0.6) is 0 Å². The maximum Gasteiger partial charge on any atom is 0.258 e. The van der Waals surface area contributed by atoms with Crippen molar-refractivity contribution in [3.63, 3.8) is 0 Å². The third kappa shape index (κ3) is 3.35. The fourth-order valence-corrected chi connectivity index (χ4v) is 5.11. The molecule has 1 atom stereocenters. The Bertz CT molecular complexity index is 1120. The molecule has 3 aromatic rings. The summed E-state index contributed by atoms with van der Waals surface area (Å²) in [5.74, 6) is 1.70. The van der Waals surface area contributed by atoms with Crippen LogP contribution >= 0.6 is 0 Å². The average Bonchev–Trinajstić information content (AvgIpc) is 3.47. The number of hydrogen-bond donors (Lipinski definition) is 1. The summed E-state index contributed by atoms with van der Waals surface area (Å²) in [6.07, 6.45) is 2.32. The molecule has 160 valence electrons. The number of aliphatic hydroxyl groups is 1. The smallest absolute Gasteiger partial charge is 0.258 e. The van der Waals surface area contributed by atoms with Crippen LogP contribution in [0.4, 0.5) is 0 Å². The summed E-state index contributed by atoms with van der Waals surface area (Å²) in [7, 11) is 0. The van der Waals surface area contributed by atoms with Gasteiger partial charge in [0.05, 0.1) is 6.61 Å². The van der Waals surface area contributed by atoms with E-state index in [1.54, 1.807) is 4.90 Å². The topological polar surface area (TPSA) is 79.5 Å². The summed E-state index contributed by atoms with van der Waals surface area (Å²) < 4.78 is 5.60. The van der Waals surface area contributed by atoms with Crippen molar-refractivity contribution < 1.29 is 14.4 Å². The van der Waals surface area contributed by atoms with Gasteiger partial charge in [-0.15, -0.1) is 0 Å². The monoisotopic (exact) mass is 417 g/mol. The molecule has 2 aliphatic rings. The molecule has 2 aromatic carbocycles. The minimum atomic E-state index is -0.170. The number of nitrogens with zero attached hydrogens (tertiary/aromatic N) is 3. The van der Waals surface area contributed by atoms with Gasteiger partial charge in [0, 0.05) is 36.1 Å². The van der Waals surface area contributed by atoms with Gasteiger partial charge in [-0.2, -0.15) is 4.98 Å². The highest BCUT2D eigenvalue weighted by Crippen LogP contribution is 2.48. The summed E-state index contributed by atoms with van der Waals surface area (Å²) in [4.78, 5) is 19.0. The first-order valence-corrected chi connectivity index (χ1v) is 11.0. The molecule has 1 fully saturated rings. The highest BCUT2D eigenvalue weighted by atomic mass is 16.5. The Morgan fingerprint density at radius 2 is 2.00 bits per heavy atom. The molecule has 1 saturated heterocycles. The van der Waals surface area contributed by atoms with Crippen LogP contribution in [0, 0.1) is 0 Å². The van der Waals surface area contributed by atoms with E-state index in [2.05, 4.69) is 42.2 Å². The zero-order valence-electron chi connectivity index (χ0n) is 18.0. The SMILES string of the molecule is CC(C)c1ccc(-c2nc(-c3cccc4c3CC[C@@]43CC(=O)N(CCO)C3)no2)cc1. The Labute approximate surface area is 181 Å². The van der Waals surface area contributed by atoms with Crippen molar-refractivity contribution in [2.45, 2.75) is 44.4 Å². The van der Waals surface area contributed by atoms with Gasteiger partial charge in [-0.1, -0.05) is 49.3 Å². The third-order valence-electron chi connectivity index (χ3n) is 6.80. The molecule has 1 aliphatic heterocycles. The Morgan fingerprint density at radius 3 is 2.74 bits per heavy atom. The van der Waals surface area contributed by atoms with Crippen molar-refractivity contribution in [2.24, 2.45) is 0 Å². The zero-order valence-corrected chi connectivity index (χ0v) is 18.0. The van der Waals surface area contributed by atoms with Crippen LogP contribution in [-0.2, 0) is 16.6 Å². The van der Waals surface area contributed by atoms with Crippen molar-refractivity contribution in [3.8, 4) is 22.8 Å². The molecular weight excluding hydrogens is 390 g/mol. The van der Waals surface area contributed by atoms with Gasteiger partial charge in [0.1, 0.15) is 0 Å². The first-order chi connectivity index (χ1) is 15.0. The number of aliphatic hydroxyl groups excluding tert-OH is 1. The lowest BCUT2D eigenvalue weighted by Crippen LogP contribution is -2.32. The van der Waals surface area contributed by atoms with Gasteiger partial charge in [0.2, 0.25) is 11.7 Å². The lowest BCUT2D eigenvalue weighted by atomic mass is 9.80. The molecule has 0 bridgehead atoms. The number of likely N-dealkylation sites (tertiary alicyclic amines) is 1. The molecule has 31 heavy (non-hydrogen) atoms. The van der Waals surface area contributed by atoms with Gasteiger partial charge in [0.15, 0.2) is 0 Å². The Kier molecular flexibility index (Phi) is 4.89. The van der Waals surface area contributed by atoms with Gasteiger partial charge < -0.3 is 14.5 Å². The molecule has 0 saturated carbocycles. The second-order valence-corrected chi connectivity index (χ2v) is 9.03. The van der Waals surface area contributed by atoms with E-state index in [1.165, 1.54) is 16.7 Å². The molecule has 1 aromatic heterocycles. The zero-order chi connectivity index (χ0) is 21.6. The van der Waals surface area contributed by atoms with Crippen molar-refractivity contribution in [1.82, 2.24) is 15.0 Å². The Balaban J connectivity index is 1.46. The van der Waals surface area contributed by atoms with Gasteiger partial charge in [0.25, 0.3) is 5.89 Å². The number of β-amino-alcohol motifs (C(OH)–C–C–N with tert-alkyl or cyclic N) is 1. The highest BCUT2D eigenvalue weighted by Gasteiger charge is 2.48. The van der Waals surface area contributed by atoms with Crippen molar-refractivity contribution in [3.05, 3.63) is 59.2 Å². The molecule has 0 radical (unpaired) electrons. The Hall–Kier alpha value is -2.99. The minimum Gasteiger partial charge on any atom is -0.395 e. The molecule has 6 heteroatoms. The second kappa shape index (κ2) is 7.61. The van der Waals surface area contributed by atoms with E-state index in [0.717, 1.165) is 24.0 Å². The maximum atomic E-state index is 12.5. The lowest BCUT2D eigenvalue weighted by molar-refractivity contribution is -0.128. The van der Waals surface area contributed by atoms with Crippen LogP contribution in [0.3, 0.4) is 0 Å². The molecule has 1 amide bonds. The predicted octanol–water partition coefficient (Wildman–Crippen LogP) is 3.94. The van der Waals surface area contributed by atoms with Crippen molar-refractivity contribution >= 4 is 5.91 Å². The quantitative estimate of drug-likeness (QED) is 0.680. The van der Waals surface area contributed by atoms with E-state index in [1.807, 2.05) is 24.3 Å². The standard InChI is InChI=1S/C25H27N3O3/c1-16(2)17-6-8-18(9-7-17)24-26-23(27-31-24)20-4-3-5-21-19(20)10-11-25(21)14-22(30)28(15-25)12-13-29/h3-9,16,29H,10-15H2,1-2H3/t25-/m0/s1. The number of amides is 1. The molecule has 1 N–H and O–H groups in total. The van der Waals surface area contributed by atoms with Crippen LogP contribution in [0.15, 0.2) is 47.0 Å². The van der Waals surface area contributed by atoms with Gasteiger partial charge in [-0.3, -0.25) is 4.79 Å². The van der Waals surface area contributed by atoms with Gasteiger partial charge >= 0.3 is 0 Å². The van der Waals surface area contributed by atoms with Crippen LogP contribution in [0.2, 0.25) is 0 Å². The number of carbonyl (C=O) groups excluding carboxylic acids is 1. The predicted molar refractivity (Wildman–Crippen MR) is 118 cm³/mol. The summed E-state index contributed by atoms with van der Waals surface area (Å²) >= 11 is 0. The lowest BCUT2D eigenvalue weighted by Gasteiger charge is -2.24. The van der Waals surface area contributed by atoms with E-state index in [-0.39, 0.29) is 17.9 Å². The average molecular weight is 418 g/mol.